The summed E-state index contributed by atoms with van der Waals surface area (Å²) >= 11 is 4.82. The summed E-state index contributed by atoms with van der Waals surface area (Å²) in [4.78, 5) is 4.39. The van der Waals surface area contributed by atoms with Gasteiger partial charge in [0.2, 0.25) is 0 Å². The zero-order valence-corrected chi connectivity index (χ0v) is 9.55. The Bertz CT molecular complexity index is 354. The molecule has 5 heteroatoms. The summed E-state index contributed by atoms with van der Waals surface area (Å²) < 4.78 is 4.91. The molecule has 1 aromatic rings. The molecule has 0 spiro atoms. The Kier molecular flexibility index (Phi) is 3.53. The van der Waals surface area contributed by atoms with Crippen LogP contribution in [0.5, 0.6) is 0 Å². The normalized spacial score (nSPS) is 19.5. The molecular weight excluding hydrogens is 210 g/mol. The third-order valence-corrected chi connectivity index (χ3v) is 3.48. The maximum atomic E-state index is 5.81. The van der Waals surface area contributed by atoms with Crippen LogP contribution >= 0.6 is 12.2 Å². The van der Waals surface area contributed by atoms with E-state index in [4.69, 9.17) is 22.5 Å². The Balaban J connectivity index is 1.98. The van der Waals surface area contributed by atoms with E-state index in [2.05, 4.69) is 10.1 Å². The highest BCUT2D eigenvalue weighted by Crippen LogP contribution is 2.32. The largest absolute Gasteiger partial charge is 0.348 e. The quantitative estimate of drug-likeness (QED) is 0.772. The van der Waals surface area contributed by atoms with E-state index in [-0.39, 0.29) is 4.84 Å². The zero-order valence-electron chi connectivity index (χ0n) is 8.74. The summed E-state index contributed by atoms with van der Waals surface area (Å²) in [6.45, 7) is 0.720. The highest BCUT2D eigenvalue weighted by Gasteiger charge is 2.24. The van der Waals surface area contributed by atoms with Gasteiger partial charge in [0.25, 0.3) is 0 Å². The van der Waals surface area contributed by atoms with Crippen molar-refractivity contribution in [1.29, 1.82) is 0 Å². The summed E-state index contributed by atoms with van der Waals surface area (Å²) in [6.07, 6.45) is 6.16. The fraction of sp³-hybridized carbons (Fsp3) is 0.800. The van der Waals surface area contributed by atoms with Gasteiger partial charge in [-0.15, -0.1) is 0 Å². The molecule has 3 N–H and O–H groups in total. The molecule has 1 atom stereocenters. The summed E-state index contributed by atoms with van der Waals surface area (Å²) in [7, 11) is 0. The smallest absolute Gasteiger partial charge is 0.314 e. The summed E-state index contributed by atoms with van der Waals surface area (Å²) in [5, 5.41) is 2.75. The first-order valence-electron chi connectivity index (χ1n) is 5.54. The Morgan fingerprint density at radius 2 is 2.27 bits per heavy atom. The van der Waals surface area contributed by atoms with Crippen molar-refractivity contribution in [2.24, 2.45) is 17.6 Å². The second kappa shape index (κ2) is 4.90. The van der Waals surface area contributed by atoms with Crippen molar-refractivity contribution in [3.05, 3.63) is 10.7 Å². The third-order valence-electron chi connectivity index (χ3n) is 3.31. The molecule has 1 unspecified atom stereocenters. The highest BCUT2D eigenvalue weighted by molar-refractivity contribution is 7.71. The number of nitrogens with zero attached hydrogens (tertiary/aromatic N) is 1. The molecule has 1 aromatic heterocycles. The van der Waals surface area contributed by atoms with Crippen LogP contribution in [0.25, 0.3) is 0 Å². The van der Waals surface area contributed by atoms with E-state index in [0.717, 1.165) is 24.7 Å². The summed E-state index contributed by atoms with van der Waals surface area (Å²) in [6, 6.07) is 0. The van der Waals surface area contributed by atoms with E-state index in [1.807, 2.05) is 0 Å². The number of rotatable bonds is 4. The van der Waals surface area contributed by atoms with Gasteiger partial charge in [-0.3, -0.25) is 0 Å². The van der Waals surface area contributed by atoms with Gasteiger partial charge in [-0.1, -0.05) is 25.7 Å². The molecule has 4 nitrogen and oxygen atoms in total. The highest BCUT2D eigenvalue weighted by atomic mass is 32.1. The van der Waals surface area contributed by atoms with Gasteiger partial charge in [-0.05, 0) is 30.6 Å². The van der Waals surface area contributed by atoms with Crippen molar-refractivity contribution in [2.75, 3.05) is 6.54 Å². The predicted molar refractivity (Wildman–Crippen MR) is 59.9 cm³/mol. The summed E-state index contributed by atoms with van der Waals surface area (Å²) in [5.41, 5.74) is 5.81. The van der Waals surface area contributed by atoms with Crippen LogP contribution in [0.1, 0.15) is 31.5 Å². The molecule has 15 heavy (non-hydrogen) atoms. The van der Waals surface area contributed by atoms with Gasteiger partial charge < -0.3 is 10.3 Å². The Hall–Kier alpha value is -0.680. The molecule has 84 valence electrons. The van der Waals surface area contributed by atoms with Crippen LogP contribution in [-0.2, 0) is 6.42 Å². The number of hydrogen-bond acceptors (Lipinski definition) is 4. The van der Waals surface area contributed by atoms with Gasteiger partial charge in [0.1, 0.15) is 5.82 Å². The van der Waals surface area contributed by atoms with Crippen LogP contribution in [0.15, 0.2) is 4.52 Å². The van der Waals surface area contributed by atoms with Gasteiger partial charge in [0, 0.05) is 6.42 Å². The van der Waals surface area contributed by atoms with Crippen molar-refractivity contribution in [3.63, 3.8) is 0 Å². The van der Waals surface area contributed by atoms with E-state index < -0.39 is 0 Å². The molecule has 0 saturated heterocycles. The van der Waals surface area contributed by atoms with E-state index in [9.17, 15) is 0 Å². The lowest BCUT2D eigenvalue weighted by Crippen LogP contribution is -2.24. The van der Waals surface area contributed by atoms with Crippen molar-refractivity contribution in [1.82, 2.24) is 10.1 Å². The molecule has 0 aromatic carbocycles. The zero-order chi connectivity index (χ0) is 10.7. The lowest BCUT2D eigenvalue weighted by Gasteiger charge is -2.19. The van der Waals surface area contributed by atoms with Gasteiger partial charge in [0.15, 0.2) is 0 Å². The molecule has 1 fully saturated rings. The first-order valence-corrected chi connectivity index (χ1v) is 5.95. The van der Waals surface area contributed by atoms with Crippen LogP contribution in [0.2, 0.25) is 0 Å². The monoisotopic (exact) mass is 227 g/mol. The molecule has 0 bridgehead atoms. The van der Waals surface area contributed by atoms with Crippen LogP contribution in [0.3, 0.4) is 0 Å². The minimum Gasteiger partial charge on any atom is -0.348 e. The van der Waals surface area contributed by atoms with E-state index >= 15 is 0 Å². The van der Waals surface area contributed by atoms with Crippen molar-refractivity contribution < 1.29 is 4.52 Å². The van der Waals surface area contributed by atoms with Gasteiger partial charge in [-0.2, -0.15) is 4.98 Å². The molecule has 1 saturated carbocycles. The molecule has 1 aliphatic carbocycles. The van der Waals surface area contributed by atoms with E-state index in [0.29, 0.717) is 5.92 Å². The minimum absolute atomic E-state index is 0.284. The van der Waals surface area contributed by atoms with Crippen molar-refractivity contribution in [3.8, 4) is 0 Å². The van der Waals surface area contributed by atoms with E-state index in [1.54, 1.807) is 0 Å². The minimum atomic E-state index is 0.284. The summed E-state index contributed by atoms with van der Waals surface area (Å²) in [5.74, 6) is 2.11. The first-order chi connectivity index (χ1) is 7.29. The maximum Gasteiger partial charge on any atom is 0.314 e. The third kappa shape index (κ3) is 2.66. The van der Waals surface area contributed by atoms with Crippen molar-refractivity contribution >= 4 is 12.2 Å². The second-order valence-corrected chi connectivity index (χ2v) is 4.62. The molecule has 0 radical (unpaired) electrons. The molecule has 2 rings (SSSR count). The van der Waals surface area contributed by atoms with Crippen LogP contribution < -0.4 is 5.73 Å². The predicted octanol–water partition coefficient (Wildman–Crippen LogP) is 2.04. The number of nitrogens with one attached hydrogen (secondary N) is 1. The van der Waals surface area contributed by atoms with Gasteiger partial charge in [-0.25, -0.2) is 5.16 Å². The molecule has 0 amide bonds. The second-order valence-electron chi connectivity index (χ2n) is 4.27. The molecule has 1 heterocycles. The topological polar surface area (TPSA) is 67.8 Å². The Labute approximate surface area is 94.2 Å². The number of hydrogen-bond donors (Lipinski definition) is 2. The Morgan fingerprint density at radius 3 is 2.80 bits per heavy atom. The fourth-order valence-electron chi connectivity index (χ4n) is 2.47. The number of aromatic amines is 1. The lowest BCUT2D eigenvalue weighted by molar-refractivity contribution is 0.330. The van der Waals surface area contributed by atoms with Crippen LogP contribution in [0.4, 0.5) is 0 Å². The standard InChI is InChI=1S/C10H17N3OS/c11-6-8(7-3-1-2-4-7)5-9-12-10(15)14-13-9/h7-8H,1-6,11H2,(H,12,13,15). The van der Waals surface area contributed by atoms with E-state index in [1.165, 1.54) is 25.7 Å². The lowest BCUT2D eigenvalue weighted by atomic mass is 9.88. The maximum absolute atomic E-state index is 5.81. The van der Waals surface area contributed by atoms with Crippen LogP contribution in [-0.4, -0.2) is 16.7 Å². The van der Waals surface area contributed by atoms with Crippen molar-refractivity contribution in [2.45, 2.75) is 32.1 Å². The fourth-order valence-corrected chi connectivity index (χ4v) is 2.62. The number of aromatic nitrogens is 2. The SMILES string of the molecule is NCC(Cc1nc(=S)o[nH]1)C1CCCC1. The molecule has 0 aliphatic heterocycles. The average molecular weight is 227 g/mol. The number of nitrogens with two attached hydrogens (primary N) is 1. The van der Waals surface area contributed by atoms with Crippen LogP contribution in [0, 0.1) is 16.7 Å². The van der Waals surface area contributed by atoms with Gasteiger partial charge in [0.05, 0.1) is 0 Å². The average Bonchev–Trinajstić information content (AvgIpc) is 2.85. The molecular formula is C10H17N3OS. The van der Waals surface area contributed by atoms with Gasteiger partial charge >= 0.3 is 4.84 Å². The number of H-pyrrole nitrogens is 1. The first kappa shape index (κ1) is 10.8. The molecule has 1 aliphatic rings. The Morgan fingerprint density at radius 1 is 1.53 bits per heavy atom.